The quantitative estimate of drug-likeness (QED) is 0.523. The molecule has 2 unspecified atom stereocenters. The lowest BCUT2D eigenvalue weighted by molar-refractivity contribution is 0.0322. The molecule has 7 nitrogen and oxygen atoms in total. The molecule has 0 N–H and O–H groups in total. The number of morpholine rings is 1. The fraction of sp³-hybridized carbons (Fsp3) is 0.500. The number of amides is 1. The number of nitrogens with zero attached hydrogens (tertiary/aromatic N) is 4. The van der Waals surface area contributed by atoms with E-state index in [-0.39, 0.29) is 5.91 Å². The fourth-order valence-corrected chi connectivity index (χ4v) is 6.23. The first kappa shape index (κ1) is 22.6. The molecule has 0 spiro atoms. The first-order valence-corrected chi connectivity index (χ1v) is 13.0. The molecule has 184 valence electrons. The lowest BCUT2D eigenvalue weighted by atomic mass is 9.86. The molecule has 3 aromatic rings. The molecular formula is C28H34N4O3. The van der Waals surface area contributed by atoms with Crippen molar-refractivity contribution >= 4 is 11.4 Å². The summed E-state index contributed by atoms with van der Waals surface area (Å²) in [5.41, 5.74) is 3.11. The van der Waals surface area contributed by atoms with Crippen LogP contribution in [0.5, 0.6) is 5.75 Å². The summed E-state index contributed by atoms with van der Waals surface area (Å²) in [6, 6.07) is 12.6. The summed E-state index contributed by atoms with van der Waals surface area (Å²) >= 11 is 0. The SMILES string of the molecule is O=C(c1cccc(OCCN2CCOCC2)c1)N1C2CCC1CC(Cc1nccn3cccc13)C2. The normalized spacial score (nSPS) is 24.7. The van der Waals surface area contributed by atoms with E-state index in [2.05, 4.69) is 37.5 Å². The van der Waals surface area contributed by atoms with Crippen LogP contribution in [0, 0.1) is 5.92 Å². The van der Waals surface area contributed by atoms with Crippen LogP contribution in [0.15, 0.2) is 55.0 Å². The van der Waals surface area contributed by atoms with Crippen molar-refractivity contribution in [3.63, 3.8) is 0 Å². The van der Waals surface area contributed by atoms with Crippen molar-refractivity contribution in [3.8, 4) is 5.75 Å². The van der Waals surface area contributed by atoms with E-state index in [1.54, 1.807) is 0 Å². The number of aromatic nitrogens is 2. The highest BCUT2D eigenvalue weighted by atomic mass is 16.5. The van der Waals surface area contributed by atoms with Crippen LogP contribution in [-0.2, 0) is 11.2 Å². The number of carbonyl (C=O) groups excluding carboxylic acids is 1. The number of hydrogen-bond donors (Lipinski definition) is 0. The van der Waals surface area contributed by atoms with E-state index < -0.39 is 0 Å². The minimum Gasteiger partial charge on any atom is -0.492 e. The van der Waals surface area contributed by atoms with Gasteiger partial charge in [-0.3, -0.25) is 14.7 Å². The van der Waals surface area contributed by atoms with Crippen LogP contribution in [0.1, 0.15) is 41.7 Å². The molecule has 35 heavy (non-hydrogen) atoms. The van der Waals surface area contributed by atoms with Crippen molar-refractivity contribution in [1.82, 2.24) is 19.2 Å². The van der Waals surface area contributed by atoms with E-state index in [0.29, 0.717) is 24.6 Å². The number of benzene rings is 1. The van der Waals surface area contributed by atoms with Crippen LogP contribution in [-0.4, -0.2) is 76.6 Å². The summed E-state index contributed by atoms with van der Waals surface area (Å²) in [5.74, 6) is 1.50. The van der Waals surface area contributed by atoms with Crippen molar-refractivity contribution in [2.24, 2.45) is 5.92 Å². The lowest BCUT2D eigenvalue weighted by Gasteiger charge is -2.39. The van der Waals surface area contributed by atoms with Gasteiger partial charge in [0.15, 0.2) is 0 Å². The largest absolute Gasteiger partial charge is 0.492 e. The van der Waals surface area contributed by atoms with Crippen molar-refractivity contribution < 1.29 is 14.3 Å². The molecule has 3 fully saturated rings. The number of ether oxygens (including phenoxy) is 2. The molecule has 3 saturated heterocycles. The first-order chi connectivity index (χ1) is 17.2. The molecule has 0 radical (unpaired) electrons. The number of fused-ring (bicyclic) bond motifs is 3. The number of rotatable bonds is 7. The van der Waals surface area contributed by atoms with E-state index in [1.165, 1.54) is 11.2 Å². The second-order valence-electron chi connectivity index (χ2n) is 10.1. The third kappa shape index (κ3) is 4.80. The van der Waals surface area contributed by atoms with E-state index >= 15 is 0 Å². The molecule has 5 heterocycles. The minimum absolute atomic E-state index is 0.154. The fourth-order valence-electron chi connectivity index (χ4n) is 6.23. The Balaban J connectivity index is 1.08. The maximum absolute atomic E-state index is 13.6. The Labute approximate surface area is 206 Å². The zero-order valence-electron chi connectivity index (χ0n) is 20.2. The molecule has 7 heteroatoms. The van der Waals surface area contributed by atoms with Crippen LogP contribution < -0.4 is 4.74 Å². The topological polar surface area (TPSA) is 59.3 Å². The Hall–Kier alpha value is -2.90. The first-order valence-electron chi connectivity index (χ1n) is 13.0. The van der Waals surface area contributed by atoms with Crippen molar-refractivity contribution in [3.05, 3.63) is 66.2 Å². The second-order valence-corrected chi connectivity index (χ2v) is 10.1. The maximum atomic E-state index is 13.6. The van der Waals surface area contributed by atoms with Crippen LogP contribution in [0.4, 0.5) is 0 Å². The van der Waals surface area contributed by atoms with Gasteiger partial charge in [-0.05, 0) is 68.4 Å². The number of carbonyl (C=O) groups is 1. The van der Waals surface area contributed by atoms with Gasteiger partial charge in [0.2, 0.25) is 0 Å². The van der Waals surface area contributed by atoms with E-state index in [1.807, 2.05) is 36.7 Å². The summed E-state index contributed by atoms with van der Waals surface area (Å²) in [4.78, 5) is 22.8. The van der Waals surface area contributed by atoms with Crippen molar-refractivity contribution in [1.29, 1.82) is 0 Å². The summed E-state index contributed by atoms with van der Waals surface area (Å²) in [6.45, 7) is 5.00. The Morgan fingerprint density at radius 1 is 1.06 bits per heavy atom. The van der Waals surface area contributed by atoms with E-state index in [0.717, 1.165) is 76.3 Å². The van der Waals surface area contributed by atoms with Gasteiger partial charge in [0.1, 0.15) is 12.4 Å². The second kappa shape index (κ2) is 9.99. The standard InChI is InChI=1S/C28H34N4O3/c33-28(22-3-1-4-25(20-22)35-16-13-30-11-14-34-15-12-30)32-23-6-7-24(32)18-21(17-23)19-26-27-5-2-9-31(27)10-8-29-26/h1-5,8-10,20-21,23-24H,6-7,11-19H2. The lowest BCUT2D eigenvalue weighted by Crippen LogP contribution is -2.47. The Bertz CT molecular complexity index is 1160. The Kier molecular flexibility index (Phi) is 6.44. The van der Waals surface area contributed by atoms with Gasteiger partial charge in [-0.25, -0.2) is 0 Å². The average Bonchev–Trinajstić information content (AvgIpc) is 3.47. The minimum atomic E-state index is 0.154. The predicted octanol–water partition coefficient (Wildman–Crippen LogP) is 3.67. The zero-order valence-corrected chi connectivity index (χ0v) is 20.2. The smallest absolute Gasteiger partial charge is 0.254 e. The highest BCUT2D eigenvalue weighted by Gasteiger charge is 2.43. The number of hydrogen-bond acceptors (Lipinski definition) is 5. The molecular weight excluding hydrogens is 440 g/mol. The van der Waals surface area contributed by atoms with Gasteiger partial charge in [0, 0.05) is 55.9 Å². The monoisotopic (exact) mass is 474 g/mol. The highest BCUT2D eigenvalue weighted by molar-refractivity contribution is 5.95. The van der Waals surface area contributed by atoms with Gasteiger partial charge in [0.05, 0.1) is 24.4 Å². The molecule has 3 aliphatic rings. The average molecular weight is 475 g/mol. The Morgan fingerprint density at radius 2 is 1.89 bits per heavy atom. The van der Waals surface area contributed by atoms with Gasteiger partial charge in [-0.2, -0.15) is 0 Å². The highest BCUT2D eigenvalue weighted by Crippen LogP contribution is 2.41. The zero-order chi connectivity index (χ0) is 23.6. The molecule has 1 amide bonds. The predicted molar refractivity (Wildman–Crippen MR) is 134 cm³/mol. The van der Waals surface area contributed by atoms with Gasteiger partial charge in [0.25, 0.3) is 5.91 Å². The molecule has 2 atom stereocenters. The molecule has 0 saturated carbocycles. The number of piperidine rings is 1. The summed E-state index contributed by atoms with van der Waals surface area (Å²) in [7, 11) is 0. The molecule has 2 aromatic heterocycles. The summed E-state index contributed by atoms with van der Waals surface area (Å²) in [5, 5.41) is 0. The van der Waals surface area contributed by atoms with Crippen molar-refractivity contribution in [2.45, 2.75) is 44.2 Å². The van der Waals surface area contributed by atoms with Crippen LogP contribution in [0.3, 0.4) is 0 Å². The van der Waals surface area contributed by atoms with Gasteiger partial charge in [-0.1, -0.05) is 6.07 Å². The molecule has 3 aliphatic heterocycles. The maximum Gasteiger partial charge on any atom is 0.254 e. The van der Waals surface area contributed by atoms with Crippen LogP contribution >= 0.6 is 0 Å². The summed E-state index contributed by atoms with van der Waals surface area (Å²) < 4.78 is 13.6. The van der Waals surface area contributed by atoms with E-state index in [9.17, 15) is 4.79 Å². The molecule has 2 bridgehead atoms. The molecule has 1 aromatic carbocycles. The van der Waals surface area contributed by atoms with Crippen LogP contribution in [0.25, 0.3) is 5.52 Å². The summed E-state index contributed by atoms with van der Waals surface area (Å²) in [6.07, 6.45) is 11.3. The third-order valence-electron chi connectivity index (χ3n) is 7.94. The van der Waals surface area contributed by atoms with Gasteiger partial charge < -0.3 is 18.8 Å². The third-order valence-corrected chi connectivity index (χ3v) is 7.94. The van der Waals surface area contributed by atoms with Gasteiger partial charge >= 0.3 is 0 Å². The molecule has 6 rings (SSSR count). The van der Waals surface area contributed by atoms with Crippen LogP contribution in [0.2, 0.25) is 0 Å². The van der Waals surface area contributed by atoms with Gasteiger partial charge in [-0.15, -0.1) is 0 Å². The van der Waals surface area contributed by atoms with Crippen molar-refractivity contribution in [2.75, 3.05) is 39.5 Å². The molecule has 0 aliphatic carbocycles. The van der Waals surface area contributed by atoms with E-state index in [4.69, 9.17) is 9.47 Å². The Morgan fingerprint density at radius 3 is 2.71 bits per heavy atom.